The van der Waals surface area contributed by atoms with E-state index in [0.717, 1.165) is 0 Å². The van der Waals surface area contributed by atoms with E-state index in [1.54, 1.807) is 48.5 Å². The maximum absolute atomic E-state index is 12.2. The molecule has 8 heteroatoms. The first-order valence-corrected chi connectivity index (χ1v) is 8.59. The molecule has 1 atom stereocenters. The Morgan fingerprint density at radius 2 is 1.67 bits per heavy atom. The number of primary amides is 1. The van der Waals surface area contributed by atoms with Crippen LogP contribution in [0.1, 0.15) is 17.2 Å². The van der Waals surface area contributed by atoms with Gasteiger partial charge in [-0.2, -0.15) is 0 Å². The Kier molecular flexibility index (Phi) is 5.39. The topological polar surface area (TPSA) is 99.1 Å². The highest BCUT2D eigenvalue weighted by Crippen LogP contribution is 2.35. The second-order valence-corrected chi connectivity index (χ2v) is 6.54. The third-order valence-electron chi connectivity index (χ3n) is 3.99. The number of nitro benzene ring substituents is 1. The van der Waals surface area contributed by atoms with Crippen molar-refractivity contribution in [2.75, 3.05) is 0 Å². The molecule has 0 saturated heterocycles. The van der Waals surface area contributed by atoms with Crippen LogP contribution in [-0.2, 0) is 4.79 Å². The minimum atomic E-state index is -0.954. The molecule has 3 aromatic rings. The van der Waals surface area contributed by atoms with Crippen molar-refractivity contribution in [2.45, 2.75) is 5.92 Å². The smallest absolute Gasteiger partial charge is 0.270 e. The molecule has 0 radical (unpaired) electrons. The van der Waals surface area contributed by atoms with Gasteiger partial charge in [-0.05, 0) is 24.3 Å². The second-order valence-electron chi connectivity index (χ2n) is 5.73. The van der Waals surface area contributed by atoms with Gasteiger partial charge in [0.2, 0.25) is 5.91 Å². The number of nitro groups is 1. The third kappa shape index (κ3) is 3.92. The average Bonchev–Trinajstić information content (AvgIpc) is 2.64. The summed E-state index contributed by atoms with van der Waals surface area (Å²) in [6, 6.07) is 16.0. The Morgan fingerprint density at radius 1 is 1.04 bits per heavy atom. The Morgan fingerprint density at radius 3 is 2.30 bits per heavy atom. The highest BCUT2D eigenvalue weighted by molar-refractivity contribution is 6.36. The summed E-state index contributed by atoms with van der Waals surface area (Å²) >= 11 is 12.5. The van der Waals surface area contributed by atoms with E-state index >= 15 is 0 Å². The zero-order chi connectivity index (χ0) is 19.6. The van der Waals surface area contributed by atoms with E-state index in [-0.39, 0.29) is 5.69 Å². The fraction of sp³-hybridized carbons (Fsp3) is 0.0526. The normalized spacial score (nSPS) is 11.8. The van der Waals surface area contributed by atoms with Gasteiger partial charge in [-0.3, -0.25) is 19.9 Å². The van der Waals surface area contributed by atoms with E-state index in [1.165, 1.54) is 12.1 Å². The van der Waals surface area contributed by atoms with Crippen molar-refractivity contribution in [3.63, 3.8) is 0 Å². The Hall–Kier alpha value is -2.96. The summed E-state index contributed by atoms with van der Waals surface area (Å²) in [7, 11) is 0. The van der Waals surface area contributed by atoms with E-state index in [0.29, 0.717) is 32.6 Å². The van der Waals surface area contributed by atoms with Gasteiger partial charge in [-0.15, -0.1) is 0 Å². The van der Waals surface area contributed by atoms with Gasteiger partial charge in [0.25, 0.3) is 5.69 Å². The number of halogens is 2. The summed E-state index contributed by atoms with van der Waals surface area (Å²) in [5.41, 5.74) is 7.28. The van der Waals surface area contributed by atoms with Crippen LogP contribution in [-0.4, -0.2) is 15.8 Å². The van der Waals surface area contributed by atoms with Crippen molar-refractivity contribution in [3.8, 4) is 11.3 Å². The highest BCUT2D eigenvalue weighted by Gasteiger charge is 2.27. The molecule has 27 heavy (non-hydrogen) atoms. The standard InChI is InChI=1S/C19H13Cl2N3O3/c20-13-6-2-7-14(21)17(13)18(19(22)25)16-9-3-8-15(23-16)11-4-1-5-12(10-11)24(26)27/h1-10,18H,(H2,22,25). The number of nitrogens with zero attached hydrogens (tertiary/aromatic N) is 2. The minimum Gasteiger partial charge on any atom is -0.369 e. The lowest BCUT2D eigenvalue weighted by Crippen LogP contribution is -2.24. The molecule has 136 valence electrons. The number of hydrogen-bond acceptors (Lipinski definition) is 4. The van der Waals surface area contributed by atoms with Gasteiger partial charge in [-0.1, -0.05) is 47.5 Å². The SMILES string of the molecule is NC(=O)C(c1cccc(-c2cccc([N+](=O)[O-])c2)n1)c1c(Cl)cccc1Cl. The van der Waals surface area contributed by atoms with Crippen LogP contribution >= 0.6 is 23.2 Å². The summed E-state index contributed by atoms with van der Waals surface area (Å²) in [6.07, 6.45) is 0. The number of pyridine rings is 1. The molecule has 0 aliphatic carbocycles. The van der Waals surface area contributed by atoms with Crippen molar-refractivity contribution in [1.82, 2.24) is 4.98 Å². The first-order valence-electron chi connectivity index (χ1n) is 7.83. The second kappa shape index (κ2) is 7.73. The number of rotatable bonds is 5. The first kappa shape index (κ1) is 18.8. The van der Waals surface area contributed by atoms with Crippen molar-refractivity contribution in [1.29, 1.82) is 0 Å². The number of carbonyl (C=O) groups is 1. The quantitative estimate of drug-likeness (QED) is 0.499. The molecule has 0 saturated carbocycles. The molecular weight excluding hydrogens is 389 g/mol. The molecule has 2 aromatic carbocycles. The fourth-order valence-electron chi connectivity index (χ4n) is 2.77. The molecule has 0 fully saturated rings. The zero-order valence-electron chi connectivity index (χ0n) is 13.8. The summed E-state index contributed by atoms with van der Waals surface area (Å²) in [5.74, 6) is -1.61. The number of non-ortho nitro benzene ring substituents is 1. The van der Waals surface area contributed by atoms with Crippen LogP contribution in [0, 0.1) is 10.1 Å². The third-order valence-corrected chi connectivity index (χ3v) is 4.65. The number of nitrogens with two attached hydrogens (primary N) is 1. The number of aromatic nitrogens is 1. The van der Waals surface area contributed by atoms with Crippen molar-refractivity contribution < 1.29 is 9.72 Å². The van der Waals surface area contributed by atoms with Crippen molar-refractivity contribution in [3.05, 3.63) is 92.1 Å². The first-order chi connectivity index (χ1) is 12.9. The largest absolute Gasteiger partial charge is 0.369 e. The predicted octanol–water partition coefficient (Wildman–Crippen LogP) is 4.58. The van der Waals surface area contributed by atoms with Crippen LogP contribution in [0.25, 0.3) is 11.3 Å². The molecule has 1 unspecified atom stereocenters. The molecule has 3 rings (SSSR count). The molecule has 2 N–H and O–H groups in total. The average molecular weight is 402 g/mol. The molecule has 0 bridgehead atoms. The van der Waals surface area contributed by atoms with Gasteiger partial charge in [0.1, 0.15) is 5.92 Å². The summed E-state index contributed by atoms with van der Waals surface area (Å²) < 4.78 is 0. The lowest BCUT2D eigenvalue weighted by Gasteiger charge is -2.17. The molecule has 1 heterocycles. The number of carbonyl (C=O) groups excluding carboxylic acids is 1. The summed E-state index contributed by atoms with van der Waals surface area (Å²) in [4.78, 5) is 27.2. The molecule has 0 aliphatic heterocycles. The van der Waals surface area contributed by atoms with Crippen LogP contribution in [0.15, 0.2) is 60.7 Å². The van der Waals surface area contributed by atoms with E-state index in [4.69, 9.17) is 28.9 Å². The number of amides is 1. The van der Waals surface area contributed by atoms with Gasteiger partial charge in [0, 0.05) is 33.3 Å². The van der Waals surface area contributed by atoms with Crippen LogP contribution in [0.5, 0.6) is 0 Å². The molecule has 6 nitrogen and oxygen atoms in total. The summed E-state index contributed by atoms with van der Waals surface area (Å²) in [6.45, 7) is 0. The highest BCUT2D eigenvalue weighted by atomic mass is 35.5. The lowest BCUT2D eigenvalue weighted by molar-refractivity contribution is -0.384. The van der Waals surface area contributed by atoms with E-state index < -0.39 is 16.7 Å². The summed E-state index contributed by atoms with van der Waals surface area (Å²) in [5, 5.41) is 11.6. The number of hydrogen-bond donors (Lipinski definition) is 1. The van der Waals surface area contributed by atoms with E-state index in [2.05, 4.69) is 4.98 Å². The van der Waals surface area contributed by atoms with Gasteiger partial charge in [-0.25, -0.2) is 0 Å². The zero-order valence-corrected chi connectivity index (χ0v) is 15.3. The van der Waals surface area contributed by atoms with Crippen LogP contribution in [0.3, 0.4) is 0 Å². The molecule has 0 spiro atoms. The monoisotopic (exact) mass is 401 g/mol. The van der Waals surface area contributed by atoms with Gasteiger partial charge >= 0.3 is 0 Å². The predicted molar refractivity (Wildman–Crippen MR) is 104 cm³/mol. The molecule has 1 aromatic heterocycles. The van der Waals surface area contributed by atoms with Gasteiger partial charge in [0.15, 0.2) is 0 Å². The van der Waals surface area contributed by atoms with E-state index in [1.807, 2.05) is 0 Å². The lowest BCUT2D eigenvalue weighted by atomic mass is 9.93. The van der Waals surface area contributed by atoms with Crippen molar-refractivity contribution >= 4 is 34.8 Å². The number of benzene rings is 2. The molecule has 1 amide bonds. The van der Waals surface area contributed by atoms with Crippen LogP contribution in [0.4, 0.5) is 5.69 Å². The Labute approximate surface area is 164 Å². The van der Waals surface area contributed by atoms with Crippen LogP contribution in [0.2, 0.25) is 10.0 Å². The maximum atomic E-state index is 12.2. The minimum absolute atomic E-state index is 0.0553. The molecule has 0 aliphatic rings. The Balaban J connectivity index is 2.12. The van der Waals surface area contributed by atoms with Crippen molar-refractivity contribution in [2.24, 2.45) is 5.73 Å². The maximum Gasteiger partial charge on any atom is 0.270 e. The van der Waals surface area contributed by atoms with Gasteiger partial charge in [0.05, 0.1) is 16.3 Å². The molecular formula is C19H13Cl2N3O3. The Bertz CT molecular complexity index is 1020. The van der Waals surface area contributed by atoms with E-state index in [9.17, 15) is 14.9 Å². The van der Waals surface area contributed by atoms with Gasteiger partial charge < -0.3 is 5.73 Å². The fourth-order valence-corrected chi connectivity index (χ4v) is 3.39. The van der Waals surface area contributed by atoms with Crippen LogP contribution < -0.4 is 5.73 Å².